The fraction of sp³-hybridized carbons (Fsp3) is 0.517. The van der Waals surface area contributed by atoms with E-state index in [1.807, 2.05) is 4.90 Å². The SMILES string of the molecule is Cc1ccc(CCN2C[C@@H](C(=O)NCCCN3CCC(Cc4ccccc4)CC3)CC2=O)cc1. The zero-order valence-electron chi connectivity index (χ0n) is 20.5. The number of nitrogens with one attached hydrogen (secondary N) is 1. The standard InChI is InChI=1S/C29H39N3O2/c1-23-8-10-24(11-9-23)14-19-32-22-27(21-28(32)33)29(34)30-15-5-16-31-17-12-26(13-18-31)20-25-6-3-2-4-7-25/h2-4,6-11,26-27H,5,12-22H2,1H3,(H,30,34)/t27-/m0/s1. The largest absolute Gasteiger partial charge is 0.356 e. The highest BCUT2D eigenvalue weighted by atomic mass is 16.2. The number of rotatable bonds is 10. The molecule has 182 valence electrons. The molecule has 0 bridgehead atoms. The van der Waals surface area contributed by atoms with E-state index in [0.29, 0.717) is 26.1 Å². The molecule has 2 amide bonds. The average molecular weight is 462 g/mol. The van der Waals surface area contributed by atoms with Crippen molar-refractivity contribution in [3.05, 3.63) is 71.3 Å². The molecule has 0 spiro atoms. The van der Waals surface area contributed by atoms with Gasteiger partial charge in [-0.15, -0.1) is 0 Å². The van der Waals surface area contributed by atoms with Crippen molar-refractivity contribution in [1.29, 1.82) is 0 Å². The maximum Gasteiger partial charge on any atom is 0.225 e. The Morgan fingerprint density at radius 2 is 1.71 bits per heavy atom. The van der Waals surface area contributed by atoms with Gasteiger partial charge in [0, 0.05) is 26.1 Å². The molecule has 5 nitrogen and oxygen atoms in total. The van der Waals surface area contributed by atoms with Gasteiger partial charge in [-0.3, -0.25) is 9.59 Å². The van der Waals surface area contributed by atoms with E-state index in [9.17, 15) is 9.59 Å². The number of benzene rings is 2. The highest BCUT2D eigenvalue weighted by Crippen LogP contribution is 2.22. The van der Waals surface area contributed by atoms with Gasteiger partial charge in [-0.25, -0.2) is 0 Å². The minimum atomic E-state index is -0.209. The predicted octanol–water partition coefficient (Wildman–Crippen LogP) is 3.85. The monoisotopic (exact) mass is 461 g/mol. The van der Waals surface area contributed by atoms with Gasteiger partial charge in [-0.2, -0.15) is 0 Å². The van der Waals surface area contributed by atoms with Crippen LogP contribution in [0.1, 0.15) is 42.4 Å². The van der Waals surface area contributed by atoms with Crippen LogP contribution in [0.2, 0.25) is 0 Å². The van der Waals surface area contributed by atoms with E-state index >= 15 is 0 Å². The molecular formula is C29H39N3O2. The Balaban J connectivity index is 1.09. The van der Waals surface area contributed by atoms with Gasteiger partial charge in [0.1, 0.15) is 0 Å². The third kappa shape index (κ3) is 7.17. The molecule has 2 aliphatic rings. The number of likely N-dealkylation sites (tertiary alicyclic amines) is 2. The maximum atomic E-state index is 12.6. The third-order valence-corrected chi connectivity index (χ3v) is 7.40. The molecule has 2 fully saturated rings. The minimum Gasteiger partial charge on any atom is -0.356 e. The predicted molar refractivity (Wildman–Crippen MR) is 137 cm³/mol. The van der Waals surface area contributed by atoms with Crippen LogP contribution in [0.25, 0.3) is 0 Å². The minimum absolute atomic E-state index is 0.0350. The Bertz CT molecular complexity index is 920. The first kappa shape index (κ1) is 24.5. The lowest BCUT2D eigenvalue weighted by molar-refractivity contribution is -0.129. The second-order valence-electron chi connectivity index (χ2n) is 10.1. The van der Waals surface area contributed by atoms with E-state index in [4.69, 9.17) is 0 Å². The van der Waals surface area contributed by atoms with Crippen molar-refractivity contribution in [2.45, 2.75) is 45.4 Å². The summed E-state index contributed by atoms with van der Waals surface area (Å²) in [5.41, 5.74) is 3.92. The van der Waals surface area contributed by atoms with Crippen LogP contribution < -0.4 is 5.32 Å². The van der Waals surface area contributed by atoms with E-state index in [1.54, 1.807) is 0 Å². The third-order valence-electron chi connectivity index (χ3n) is 7.40. The highest BCUT2D eigenvalue weighted by molar-refractivity contribution is 5.89. The summed E-state index contributed by atoms with van der Waals surface area (Å²) in [5.74, 6) is 0.713. The van der Waals surface area contributed by atoms with Crippen LogP contribution in [0, 0.1) is 18.8 Å². The zero-order valence-corrected chi connectivity index (χ0v) is 20.5. The molecule has 4 rings (SSSR count). The van der Waals surface area contributed by atoms with Gasteiger partial charge >= 0.3 is 0 Å². The van der Waals surface area contributed by atoms with Crippen LogP contribution in [0.15, 0.2) is 54.6 Å². The van der Waals surface area contributed by atoms with Crippen LogP contribution >= 0.6 is 0 Å². The van der Waals surface area contributed by atoms with E-state index in [0.717, 1.165) is 38.4 Å². The van der Waals surface area contributed by atoms with Crippen LogP contribution in [0.3, 0.4) is 0 Å². The first-order valence-corrected chi connectivity index (χ1v) is 12.9. The average Bonchev–Trinajstić information content (AvgIpc) is 3.23. The van der Waals surface area contributed by atoms with E-state index in [2.05, 4.69) is 71.7 Å². The topological polar surface area (TPSA) is 52.7 Å². The van der Waals surface area contributed by atoms with Gasteiger partial charge in [-0.05, 0) is 75.7 Å². The summed E-state index contributed by atoms with van der Waals surface area (Å²) in [6.45, 7) is 7.34. The van der Waals surface area contributed by atoms with Crippen LogP contribution in [-0.2, 0) is 22.4 Å². The zero-order chi connectivity index (χ0) is 23.8. The summed E-state index contributed by atoms with van der Waals surface area (Å²) < 4.78 is 0. The summed E-state index contributed by atoms with van der Waals surface area (Å²) in [5, 5.41) is 3.08. The fourth-order valence-electron chi connectivity index (χ4n) is 5.20. The number of hydrogen-bond donors (Lipinski definition) is 1. The smallest absolute Gasteiger partial charge is 0.225 e. The molecule has 0 saturated carbocycles. The molecule has 5 heteroatoms. The number of aryl methyl sites for hydroxylation is 1. The summed E-state index contributed by atoms with van der Waals surface area (Å²) in [6.07, 6.45) is 5.84. The van der Waals surface area contributed by atoms with Crippen molar-refractivity contribution < 1.29 is 9.59 Å². The molecule has 0 unspecified atom stereocenters. The molecule has 2 aliphatic heterocycles. The quantitative estimate of drug-likeness (QED) is 0.547. The van der Waals surface area contributed by atoms with E-state index in [-0.39, 0.29) is 17.7 Å². The molecular weight excluding hydrogens is 422 g/mol. The number of amides is 2. The highest BCUT2D eigenvalue weighted by Gasteiger charge is 2.33. The first-order chi connectivity index (χ1) is 16.6. The second-order valence-corrected chi connectivity index (χ2v) is 10.1. The molecule has 2 saturated heterocycles. The Morgan fingerprint density at radius 3 is 2.44 bits per heavy atom. The van der Waals surface area contributed by atoms with Crippen molar-refractivity contribution in [2.24, 2.45) is 11.8 Å². The summed E-state index contributed by atoms with van der Waals surface area (Å²) in [4.78, 5) is 29.4. The lowest BCUT2D eigenvalue weighted by Crippen LogP contribution is -2.38. The summed E-state index contributed by atoms with van der Waals surface area (Å²) in [7, 11) is 0. The molecule has 2 aromatic carbocycles. The van der Waals surface area contributed by atoms with Gasteiger partial charge in [0.05, 0.1) is 5.92 Å². The van der Waals surface area contributed by atoms with Crippen molar-refractivity contribution in [3.63, 3.8) is 0 Å². The molecule has 0 aliphatic carbocycles. The molecule has 2 heterocycles. The van der Waals surface area contributed by atoms with Crippen LogP contribution in [0.5, 0.6) is 0 Å². The molecule has 34 heavy (non-hydrogen) atoms. The van der Waals surface area contributed by atoms with Gasteiger partial charge < -0.3 is 15.1 Å². The van der Waals surface area contributed by atoms with Gasteiger partial charge in [0.15, 0.2) is 0 Å². The van der Waals surface area contributed by atoms with Gasteiger partial charge in [0.2, 0.25) is 11.8 Å². The maximum absolute atomic E-state index is 12.6. The molecule has 0 radical (unpaired) electrons. The van der Waals surface area contributed by atoms with Crippen molar-refractivity contribution in [1.82, 2.24) is 15.1 Å². The fourth-order valence-corrected chi connectivity index (χ4v) is 5.20. The van der Waals surface area contributed by atoms with Gasteiger partial charge in [-0.1, -0.05) is 60.2 Å². The molecule has 1 atom stereocenters. The van der Waals surface area contributed by atoms with E-state index in [1.165, 1.54) is 36.0 Å². The second kappa shape index (κ2) is 12.2. The lowest BCUT2D eigenvalue weighted by Gasteiger charge is -2.32. The first-order valence-electron chi connectivity index (χ1n) is 12.9. The number of hydrogen-bond acceptors (Lipinski definition) is 3. The van der Waals surface area contributed by atoms with Crippen molar-refractivity contribution >= 4 is 11.8 Å². The molecule has 0 aromatic heterocycles. The number of piperidine rings is 1. The number of carbonyl (C=O) groups is 2. The Kier molecular flexibility index (Phi) is 8.75. The van der Waals surface area contributed by atoms with Crippen molar-refractivity contribution in [2.75, 3.05) is 39.3 Å². The summed E-state index contributed by atoms with van der Waals surface area (Å²) >= 11 is 0. The molecule has 2 aromatic rings. The van der Waals surface area contributed by atoms with Crippen LogP contribution in [0.4, 0.5) is 0 Å². The number of carbonyl (C=O) groups excluding carboxylic acids is 2. The molecule has 1 N–H and O–H groups in total. The number of nitrogens with zero attached hydrogens (tertiary/aromatic N) is 2. The Labute approximate surface area is 204 Å². The normalized spacial score (nSPS) is 19.5. The van der Waals surface area contributed by atoms with Gasteiger partial charge in [0.25, 0.3) is 0 Å². The van der Waals surface area contributed by atoms with E-state index < -0.39 is 0 Å². The Morgan fingerprint density at radius 1 is 0.971 bits per heavy atom. The van der Waals surface area contributed by atoms with Crippen LogP contribution in [-0.4, -0.2) is 60.9 Å². The Hall–Kier alpha value is -2.66. The summed E-state index contributed by atoms with van der Waals surface area (Å²) in [6, 6.07) is 19.2. The lowest BCUT2D eigenvalue weighted by atomic mass is 9.90. The van der Waals surface area contributed by atoms with Crippen molar-refractivity contribution in [3.8, 4) is 0 Å².